The van der Waals surface area contributed by atoms with Crippen molar-refractivity contribution in [1.29, 1.82) is 0 Å². The first-order chi connectivity index (χ1) is 12.7. The van der Waals surface area contributed by atoms with Crippen molar-refractivity contribution in [3.63, 3.8) is 0 Å². The number of amides is 2. The number of carbonyl (C=O) groups is 1. The summed E-state index contributed by atoms with van der Waals surface area (Å²) in [4.78, 5) is 20.6. The number of pyridine rings is 2. The minimum Gasteiger partial charge on any atom is -0.384 e. The number of aromatic nitrogens is 3. The van der Waals surface area contributed by atoms with Crippen molar-refractivity contribution in [2.75, 3.05) is 16.4 Å². The average Bonchev–Trinajstić information content (AvgIpc) is 3.04. The van der Waals surface area contributed by atoms with Crippen molar-refractivity contribution >= 4 is 23.5 Å². The monoisotopic (exact) mass is 366 g/mol. The molecule has 0 spiro atoms. The zero-order valence-electron chi connectivity index (χ0n) is 15.7. The predicted molar refractivity (Wildman–Crippen MR) is 104 cm³/mol. The van der Waals surface area contributed by atoms with Crippen molar-refractivity contribution in [3.8, 4) is 11.1 Å². The molecule has 0 saturated heterocycles. The van der Waals surface area contributed by atoms with Crippen molar-refractivity contribution < 1.29 is 9.32 Å². The van der Waals surface area contributed by atoms with Gasteiger partial charge in [-0.2, -0.15) is 0 Å². The third kappa shape index (κ3) is 4.41. The Kier molecular flexibility index (Phi) is 4.81. The summed E-state index contributed by atoms with van der Waals surface area (Å²) in [5.41, 5.74) is 8.13. The van der Waals surface area contributed by atoms with Crippen LogP contribution in [0.15, 0.2) is 41.1 Å². The third-order valence-corrected chi connectivity index (χ3v) is 3.91. The van der Waals surface area contributed by atoms with Gasteiger partial charge < -0.3 is 10.3 Å². The molecule has 0 bridgehead atoms. The van der Waals surface area contributed by atoms with E-state index in [0.717, 1.165) is 16.8 Å². The SMILES string of the molecule is Cc1nc(N)ccc1-c1ccc(NC(=O)Nc2cc(C(C)(C)C)on2)nc1. The molecule has 3 aromatic rings. The number of nitrogens with one attached hydrogen (secondary N) is 2. The van der Waals surface area contributed by atoms with Crippen molar-refractivity contribution in [2.24, 2.45) is 0 Å². The lowest BCUT2D eigenvalue weighted by atomic mass is 9.93. The first-order valence-corrected chi connectivity index (χ1v) is 8.47. The molecule has 8 heteroatoms. The quantitative estimate of drug-likeness (QED) is 0.645. The molecular formula is C19H22N6O2. The molecule has 0 saturated carbocycles. The van der Waals surface area contributed by atoms with Crippen LogP contribution in [0.4, 0.5) is 22.2 Å². The Morgan fingerprint density at radius 3 is 2.44 bits per heavy atom. The highest BCUT2D eigenvalue weighted by Crippen LogP contribution is 2.25. The van der Waals surface area contributed by atoms with Crippen LogP contribution in [0.1, 0.15) is 32.2 Å². The molecular weight excluding hydrogens is 344 g/mol. The van der Waals surface area contributed by atoms with Crippen LogP contribution >= 0.6 is 0 Å². The summed E-state index contributed by atoms with van der Waals surface area (Å²) >= 11 is 0. The van der Waals surface area contributed by atoms with Crippen molar-refractivity contribution in [2.45, 2.75) is 33.1 Å². The number of hydrogen-bond acceptors (Lipinski definition) is 6. The summed E-state index contributed by atoms with van der Waals surface area (Å²) in [5, 5.41) is 9.14. The second kappa shape index (κ2) is 7.06. The van der Waals surface area contributed by atoms with E-state index in [1.54, 1.807) is 24.4 Å². The zero-order chi connectivity index (χ0) is 19.6. The molecule has 3 heterocycles. The average molecular weight is 366 g/mol. The highest BCUT2D eigenvalue weighted by molar-refractivity contribution is 5.98. The van der Waals surface area contributed by atoms with Gasteiger partial charge in [0.1, 0.15) is 17.4 Å². The van der Waals surface area contributed by atoms with E-state index in [1.165, 1.54) is 0 Å². The summed E-state index contributed by atoms with van der Waals surface area (Å²) in [6.07, 6.45) is 1.67. The lowest BCUT2D eigenvalue weighted by Crippen LogP contribution is -2.20. The van der Waals surface area contributed by atoms with Gasteiger partial charge in [0, 0.05) is 34.5 Å². The Morgan fingerprint density at radius 1 is 1.11 bits per heavy atom. The molecule has 140 valence electrons. The Labute approximate surface area is 157 Å². The lowest BCUT2D eigenvalue weighted by molar-refractivity contribution is 0.261. The highest BCUT2D eigenvalue weighted by Gasteiger charge is 2.20. The van der Waals surface area contributed by atoms with E-state index in [-0.39, 0.29) is 5.41 Å². The molecule has 0 atom stereocenters. The maximum Gasteiger partial charge on any atom is 0.326 e. The third-order valence-electron chi connectivity index (χ3n) is 3.91. The van der Waals surface area contributed by atoms with Gasteiger partial charge in [0.15, 0.2) is 5.82 Å². The number of nitrogens with two attached hydrogens (primary N) is 1. The second-order valence-corrected chi connectivity index (χ2v) is 7.21. The number of rotatable bonds is 3. The molecule has 0 aliphatic rings. The number of hydrogen-bond donors (Lipinski definition) is 3. The number of anilines is 3. The number of aryl methyl sites for hydroxylation is 1. The maximum absolute atomic E-state index is 12.1. The van der Waals surface area contributed by atoms with Gasteiger partial charge in [-0.25, -0.2) is 14.8 Å². The predicted octanol–water partition coefficient (Wildman–Crippen LogP) is 3.96. The number of urea groups is 1. The molecule has 3 rings (SSSR count). The fourth-order valence-electron chi connectivity index (χ4n) is 2.46. The van der Waals surface area contributed by atoms with Crippen molar-refractivity contribution in [3.05, 3.63) is 48.0 Å². The Hall–Kier alpha value is -3.42. The molecule has 0 unspecified atom stereocenters. The second-order valence-electron chi connectivity index (χ2n) is 7.21. The highest BCUT2D eigenvalue weighted by atomic mass is 16.5. The van der Waals surface area contributed by atoms with Gasteiger partial charge in [0.25, 0.3) is 0 Å². The van der Waals surface area contributed by atoms with Gasteiger partial charge >= 0.3 is 6.03 Å². The van der Waals surface area contributed by atoms with Crippen LogP contribution in [-0.2, 0) is 5.41 Å². The van der Waals surface area contributed by atoms with Crippen LogP contribution in [0.2, 0.25) is 0 Å². The van der Waals surface area contributed by atoms with Gasteiger partial charge in [-0.05, 0) is 31.2 Å². The summed E-state index contributed by atoms with van der Waals surface area (Å²) in [6, 6.07) is 8.46. The summed E-state index contributed by atoms with van der Waals surface area (Å²) < 4.78 is 5.24. The van der Waals surface area contributed by atoms with Crippen LogP contribution in [0.3, 0.4) is 0 Å². The largest absolute Gasteiger partial charge is 0.384 e. The molecule has 3 aromatic heterocycles. The normalized spacial score (nSPS) is 11.3. The molecule has 2 amide bonds. The Balaban J connectivity index is 1.66. The minimum absolute atomic E-state index is 0.185. The van der Waals surface area contributed by atoms with Crippen LogP contribution in [0.25, 0.3) is 11.1 Å². The molecule has 0 radical (unpaired) electrons. The topological polar surface area (TPSA) is 119 Å². The first kappa shape index (κ1) is 18.4. The summed E-state index contributed by atoms with van der Waals surface area (Å²) in [5.74, 6) is 1.92. The van der Waals surface area contributed by atoms with Crippen LogP contribution in [0.5, 0.6) is 0 Å². The van der Waals surface area contributed by atoms with E-state index in [9.17, 15) is 4.79 Å². The smallest absolute Gasteiger partial charge is 0.326 e. The molecule has 0 aliphatic carbocycles. The standard InChI is InChI=1S/C19H22N6O2/c1-11-13(6-7-15(20)22-11)12-5-8-16(21-10-12)23-18(26)24-17-9-14(27-25-17)19(2,3)4/h5-10H,1-4H3,(H2,20,22)(H2,21,23,24,25,26). The zero-order valence-corrected chi connectivity index (χ0v) is 15.7. The first-order valence-electron chi connectivity index (χ1n) is 8.47. The molecule has 8 nitrogen and oxygen atoms in total. The van der Waals surface area contributed by atoms with Gasteiger partial charge in [-0.15, -0.1) is 0 Å². The molecule has 0 fully saturated rings. The van der Waals surface area contributed by atoms with Gasteiger partial charge in [0.05, 0.1) is 0 Å². The Bertz CT molecular complexity index is 957. The van der Waals surface area contributed by atoms with E-state index in [1.807, 2.05) is 39.8 Å². The van der Waals surface area contributed by atoms with Crippen LogP contribution in [-0.4, -0.2) is 21.2 Å². The molecule has 0 aromatic carbocycles. The van der Waals surface area contributed by atoms with E-state index in [2.05, 4.69) is 25.8 Å². The molecule has 4 N–H and O–H groups in total. The summed E-state index contributed by atoms with van der Waals surface area (Å²) in [7, 11) is 0. The van der Waals surface area contributed by atoms with E-state index in [4.69, 9.17) is 10.3 Å². The molecule has 27 heavy (non-hydrogen) atoms. The van der Waals surface area contributed by atoms with Gasteiger partial charge in [0.2, 0.25) is 0 Å². The fourth-order valence-corrected chi connectivity index (χ4v) is 2.46. The fraction of sp³-hybridized carbons (Fsp3) is 0.263. The number of carbonyl (C=O) groups excluding carboxylic acids is 1. The van der Waals surface area contributed by atoms with E-state index < -0.39 is 6.03 Å². The van der Waals surface area contributed by atoms with E-state index >= 15 is 0 Å². The molecule has 0 aliphatic heterocycles. The van der Waals surface area contributed by atoms with Gasteiger partial charge in [-0.1, -0.05) is 25.9 Å². The van der Waals surface area contributed by atoms with Crippen LogP contribution < -0.4 is 16.4 Å². The number of nitrogen functional groups attached to an aromatic ring is 1. The van der Waals surface area contributed by atoms with Crippen LogP contribution in [0, 0.1) is 6.92 Å². The minimum atomic E-state index is -0.450. The maximum atomic E-state index is 12.1. The lowest BCUT2D eigenvalue weighted by Gasteiger charge is -2.12. The van der Waals surface area contributed by atoms with Gasteiger partial charge in [-0.3, -0.25) is 10.6 Å². The van der Waals surface area contributed by atoms with E-state index in [0.29, 0.717) is 23.2 Å². The van der Waals surface area contributed by atoms with Crippen molar-refractivity contribution in [1.82, 2.24) is 15.1 Å². The summed E-state index contributed by atoms with van der Waals surface area (Å²) in [6.45, 7) is 7.89. The number of nitrogens with zero attached hydrogens (tertiary/aromatic N) is 3. The Morgan fingerprint density at radius 2 is 1.85 bits per heavy atom.